The van der Waals surface area contributed by atoms with E-state index >= 15 is 0 Å². The summed E-state index contributed by atoms with van der Waals surface area (Å²) in [5.74, 6) is 1.10. The summed E-state index contributed by atoms with van der Waals surface area (Å²) in [5, 5.41) is 2.67. The monoisotopic (exact) mass is 303 g/mol. The van der Waals surface area contributed by atoms with Crippen LogP contribution in [0.5, 0.6) is 11.5 Å². The summed E-state index contributed by atoms with van der Waals surface area (Å²) in [4.78, 5) is 13.1. The fraction of sp³-hybridized carbons (Fsp3) is 0.188. The van der Waals surface area contributed by atoms with Crippen molar-refractivity contribution >= 4 is 23.5 Å². The predicted molar refractivity (Wildman–Crippen MR) is 85.6 cm³/mol. The maximum atomic E-state index is 11.9. The minimum atomic E-state index is -0.546. The zero-order valence-electron chi connectivity index (χ0n) is 12.2. The predicted octanol–water partition coefficient (Wildman–Crippen LogP) is 4.34. The second-order valence-corrected chi connectivity index (χ2v) is 5.19. The van der Waals surface area contributed by atoms with Crippen LogP contribution in [0.1, 0.15) is 5.56 Å². The average Bonchev–Trinajstić information content (AvgIpc) is 2.48. The Balaban J connectivity index is 2.06. The molecule has 110 valence electrons. The van der Waals surface area contributed by atoms with Gasteiger partial charge in [-0.15, -0.1) is 11.8 Å². The van der Waals surface area contributed by atoms with E-state index in [1.165, 1.54) is 0 Å². The summed E-state index contributed by atoms with van der Waals surface area (Å²) in [5.41, 5.74) is 1.65. The number of methoxy groups -OCH3 is 1. The van der Waals surface area contributed by atoms with Gasteiger partial charge in [-0.2, -0.15) is 0 Å². The zero-order chi connectivity index (χ0) is 15.2. The molecule has 0 aliphatic rings. The lowest BCUT2D eigenvalue weighted by Gasteiger charge is -2.11. The number of amides is 1. The minimum Gasteiger partial charge on any atom is -0.495 e. The third-order valence-corrected chi connectivity index (χ3v) is 3.82. The summed E-state index contributed by atoms with van der Waals surface area (Å²) in [7, 11) is 1.55. The van der Waals surface area contributed by atoms with Crippen LogP contribution in [-0.2, 0) is 0 Å². The normalized spacial score (nSPS) is 10.0. The van der Waals surface area contributed by atoms with Crippen LogP contribution in [-0.4, -0.2) is 19.5 Å². The fourth-order valence-electron chi connectivity index (χ4n) is 1.90. The first-order valence-corrected chi connectivity index (χ1v) is 7.63. The number of aryl methyl sites for hydroxylation is 1. The number of anilines is 1. The smallest absolute Gasteiger partial charge is 0.417 e. The molecule has 0 aliphatic carbocycles. The van der Waals surface area contributed by atoms with Crippen LogP contribution in [0.2, 0.25) is 0 Å². The summed E-state index contributed by atoms with van der Waals surface area (Å²) < 4.78 is 10.5. The van der Waals surface area contributed by atoms with Crippen molar-refractivity contribution in [2.75, 3.05) is 18.7 Å². The van der Waals surface area contributed by atoms with Crippen LogP contribution < -0.4 is 14.8 Å². The molecule has 0 unspecified atom stereocenters. The first-order chi connectivity index (χ1) is 10.1. The molecule has 5 heteroatoms. The lowest BCUT2D eigenvalue weighted by atomic mass is 10.2. The largest absolute Gasteiger partial charge is 0.495 e. The highest BCUT2D eigenvalue weighted by Gasteiger charge is 2.09. The van der Waals surface area contributed by atoms with E-state index in [0.29, 0.717) is 17.2 Å². The summed E-state index contributed by atoms with van der Waals surface area (Å²) in [6.45, 7) is 1.98. The van der Waals surface area contributed by atoms with Gasteiger partial charge in [0.1, 0.15) is 11.5 Å². The van der Waals surface area contributed by atoms with Crippen molar-refractivity contribution in [1.82, 2.24) is 0 Å². The van der Waals surface area contributed by atoms with Gasteiger partial charge in [0, 0.05) is 4.90 Å². The van der Waals surface area contributed by atoms with Gasteiger partial charge in [0.05, 0.1) is 12.8 Å². The minimum absolute atomic E-state index is 0.512. The van der Waals surface area contributed by atoms with Crippen molar-refractivity contribution in [3.8, 4) is 11.5 Å². The highest BCUT2D eigenvalue weighted by Crippen LogP contribution is 2.26. The molecule has 0 saturated carbocycles. The van der Waals surface area contributed by atoms with E-state index in [0.717, 1.165) is 10.5 Å². The van der Waals surface area contributed by atoms with Crippen molar-refractivity contribution < 1.29 is 14.3 Å². The molecule has 0 radical (unpaired) electrons. The van der Waals surface area contributed by atoms with Gasteiger partial charge in [-0.05, 0) is 49.1 Å². The number of carbonyl (C=O) groups excluding carboxylic acids is 1. The Hall–Kier alpha value is -2.14. The maximum Gasteiger partial charge on any atom is 0.417 e. The molecule has 0 bridgehead atoms. The van der Waals surface area contributed by atoms with E-state index in [9.17, 15) is 4.79 Å². The van der Waals surface area contributed by atoms with Gasteiger partial charge in [-0.3, -0.25) is 5.32 Å². The van der Waals surface area contributed by atoms with Crippen LogP contribution in [0.15, 0.2) is 47.4 Å². The number of hydrogen-bond acceptors (Lipinski definition) is 4. The molecule has 1 amide bonds. The third kappa shape index (κ3) is 3.92. The quantitative estimate of drug-likeness (QED) is 0.854. The topological polar surface area (TPSA) is 47.6 Å². The Labute approximate surface area is 128 Å². The molecule has 0 atom stereocenters. The Bertz CT molecular complexity index is 643. The lowest BCUT2D eigenvalue weighted by Crippen LogP contribution is -2.17. The van der Waals surface area contributed by atoms with Crippen LogP contribution in [0.3, 0.4) is 0 Å². The van der Waals surface area contributed by atoms with Crippen molar-refractivity contribution in [3.63, 3.8) is 0 Å². The van der Waals surface area contributed by atoms with E-state index in [2.05, 4.69) is 5.32 Å². The van der Waals surface area contributed by atoms with Gasteiger partial charge in [0.25, 0.3) is 0 Å². The molecule has 0 heterocycles. The molecule has 2 aromatic carbocycles. The molecule has 0 aromatic heterocycles. The van der Waals surface area contributed by atoms with E-state index < -0.39 is 6.09 Å². The van der Waals surface area contributed by atoms with Crippen molar-refractivity contribution in [2.24, 2.45) is 0 Å². The van der Waals surface area contributed by atoms with Crippen molar-refractivity contribution in [3.05, 3.63) is 48.0 Å². The van der Waals surface area contributed by atoms with E-state index in [4.69, 9.17) is 9.47 Å². The van der Waals surface area contributed by atoms with Crippen molar-refractivity contribution in [1.29, 1.82) is 0 Å². The van der Waals surface area contributed by atoms with E-state index in [1.54, 1.807) is 37.1 Å². The number of hydrogen-bond donors (Lipinski definition) is 1. The SMILES string of the molecule is COc1ccccc1NC(=O)Oc1ccc(SC)c(C)c1. The molecule has 2 aromatic rings. The molecule has 0 saturated heterocycles. The van der Waals surface area contributed by atoms with E-state index in [1.807, 2.05) is 37.4 Å². The second kappa shape index (κ2) is 7.04. The molecular weight excluding hydrogens is 286 g/mol. The Morgan fingerprint density at radius 3 is 2.62 bits per heavy atom. The number of thioether (sulfide) groups is 1. The van der Waals surface area contributed by atoms with E-state index in [-0.39, 0.29) is 0 Å². The Morgan fingerprint density at radius 2 is 1.95 bits per heavy atom. The first-order valence-electron chi connectivity index (χ1n) is 6.40. The number of nitrogens with one attached hydrogen (secondary N) is 1. The Morgan fingerprint density at radius 1 is 1.19 bits per heavy atom. The lowest BCUT2D eigenvalue weighted by molar-refractivity contribution is 0.215. The van der Waals surface area contributed by atoms with Gasteiger partial charge >= 0.3 is 6.09 Å². The van der Waals surface area contributed by atoms with Gasteiger partial charge in [0.2, 0.25) is 0 Å². The Kier molecular flexibility index (Phi) is 5.11. The number of carbonyl (C=O) groups is 1. The maximum absolute atomic E-state index is 11.9. The zero-order valence-corrected chi connectivity index (χ0v) is 13.0. The number of rotatable bonds is 4. The highest BCUT2D eigenvalue weighted by atomic mass is 32.2. The van der Waals surface area contributed by atoms with Crippen LogP contribution >= 0.6 is 11.8 Å². The summed E-state index contributed by atoms with van der Waals surface area (Å²) in [6, 6.07) is 12.7. The highest BCUT2D eigenvalue weighted by molar-refractivity contribution is 7.98. The molecule has 0 fully saturated rings. The number of para-hydroxylation sites is 2. The number of ether oxygens (including phenoxy) is 2. The summed E-state index contributed by atoms with van der Waals surface area (Å²) >= 11 is 1.66. The average molecular weight is 303 g/mol. The standard InChI is InChI=1S/C16H17NO3S/c1-11-10-12(8-9-15(11)21-3)20-16(18)17-13-6-4-5-7-14(13)19-2/h4-10H,1-3H3,(H,17,18). The molecule has 0 aliphatic heterocycles. The molecule has 4 nitrogen and oxygen atoms in total. The molecule has 2 rings (SSSR count). The van der Waals surface area contributed by atoms with Gasteiger partial charge in [-0.25, -0.2) is 4.79 Å². The van der Waals surface area contributed by atoms with Gasteiger partial charge in [0.15, 0.2) is 0 Å². The number of benzene rings is 2. The first kappa shape index (κ1) is 15.3. The third-order valence-electron chi connectivity index (χ3n) is 2.92. The van der Waals surface area contributed by atoms with Gasteiger partial charge in [-0.1, -0.05) is 12.1 Å². The molecule has 0 spiro atoms. The van der Waals surface area contributed by atoms with Crippen LogP contribution in [0.4, 0.5) is 10.5 Å². The van der Waals surface area contributed by atoms with Crippen LogP contribution in [0.25, 0.3) is 0 Å². The fourth-order valence-corrected chi connectivity index (χ4v) is 2.49. The molecular formula is C16H17NO3S. The van der Waals surface area contributed by atoms with Gasteiger partial charge < -0.3 is 9.47 Å². The second-order valence-electron chi connectivity index (χ2n) is 4.35. The summed E-state index contributed by atoms with van der Waals surface area (Å²) in [6.07, 6.45) is 1.47. The van der Waals surface area contributed by atoms with Crippen molar-refractivity contribution in [2.45, 2.75) is 11.8 Å². The molecule has 21 heavy (non-hydrogen) atoms. The molecule has 1 N–H and O–H groups in total. The van der Waals surface area contributed by atoms with Crippen LogP contribution in [0, 0.1) is 6.92 Å².